The van der Waals surface area contributed by atoms with Crippen molar-refractivity contribution < 1.29 is 9.53 Å². The Kier molecular flexibility index (Phi) is 6.27. The van der Waals surface area contributed by atoms with Crippen LogP contribution in [-0.2, 0) is 4.79 Å². The Morgan fingerprint density at radius 1 is 1.45 bits per heavy atom. The lowest BCUT2D eigenvalue weighted by atomic mass is 9.97. The molecule has 4 rings (SSSR count). The minimum absolute atomic E-state index is 0.0788. The van der Waals surface area contributed by atoms with Crippen LogP contribution in [0.15, 0.2) is 34.4 Å². The number of ether oxygens (including phenoxy) is 1. The maximum absolute atomic E-state index is 12.8. The van der Waals surface area contributed by atoms with Gasteiger partial charge in [-0.25, -0.2) is 4.98 Å². The summed E-state index contributed by atoms with van der Waals surface area (Å²) < 4.78 is 5.95. The largest absolute Gasteiger partial charge is 0.497 e. The molecule has 3 heterocycles. The van der Waals surface area contributed by atoms with Crippen LogP contribution in [0.2, 0.25) is 0 Å². The molecule has 8 heteroatoms. The number of methoxy groups -OCH3 is 1. The van der Waals surface area contributed by atoms with Crippen LogP contribution in [0.4, 0.5) is 5.95 Å². The first-order valence-electron chi connectivity index (χ1n) is 10.7. The number of benzene rings is 1. The number of hydrogen-bond acceptors (Lipinski definition) is 6. The number of hydrogen-bond donors (Lipinski definition) is 2. The molecule has 0 spiro atoms. The molecule has 3 aromatic rings. The van der Waals surface area contributed by atoms with Gasteiger partial charge in [0.15, 0.2) is 0 Å². The lowest BCUT2D eigenvalue weighted by Crippen LogP contribution is -2.46. The Labute approximate surface area is 185 Å². The van der Waals surface area contributed by atoms with E-state index in [1.54, 1.807) is 7.11 Å². The van der Waals surface area contributed by atoms with Crippen molar-refractivity contribution in [3.63, 3.8) is 0 Å². The van der Waals surface area contributed by atoms with Crippen molar-refractivity contribution in [3.05, 3.63) is 40.0 Å². The molecule has 2 atom stereocenters. The number of aromatic amines is 1. The minimum Gasteiger partial charge on any atom is -0.497 e. The molecule has 1 fully saturated rings. The van der Waals surface area contributed by atoms with E-state index in [0.29, 0.717) is 22.7 Å². The zero-order valence-corrected chi connectivity index (χ0v) is 18.9. The highest BCUT2D eigenvalue weighted by Crippen LogP contribution is 2.33. The highest BCUT2D eigenvalue weighted by molar-refractivity contribution is 7.17. The second-order valence-electron chi connectivity index (χ2n) is 8.05. The van der Waals surface area contributed by atoms with Gasteiger partial charge >= 0.3 is 0 Å². The van der Waals surface area contributed by atoms with Gasteiger partial charge in [0.25, 0.3) is 5.56 Å². The molecule has 1 aromatic carbocycles. The SMILES string of the molecule is CC[C@@H](C)NC(=O)[C@@H]1CCCN(c2nc3c(-c4cccc(OC)c4)csc3c(=O)[nH]2)C1. The predicted molar refractivity (Wildman–Crippen MR) is 125 cm³/mol. The van der Waals surface area contributed by atoms with E-state index >= 15 is 0 Å². The topological polar surface area (TPSA) is 87.3 Å². The summed E-state index contributed by atoms with van der Waals surface area (Å²) in [6.07, 6.45) is 2.63. The summed E-state index contributed by atoms with van der Waals surface area (Å²) in [5.74, 6) is 1.26. The second kappa shape index (κ2) is 9.09. The average Bonchev–Trinajstić information content (AvgIpc) is 3.23. The third kappa shape index (κ3) is 4.44. The molecule has 2 N–H and O–H groups in total. The number of anilines is 1. The monoisotopic (exact) mass is 440 g/mol. The summed E-state index contributed by atoms with van der Waals surface area (Å²) in [5.41, 5.74) is 2.40. The maximum atomic E-state index is 12.8. The summed E-state index contributed by atoms with van der Waals surface area (Å²) >= 11 is 1.39. The van der Waals surface area contributed by atoms with E-state index in [9.17, 15) is 9.59 Å². The van der Waals surface area contributed by atoms with Gasteiger partial charge in [-0.15, -0.1) is 11.3 Å². The Morgan fingerprint density at radius 3 is 3.06 bits per heavy atom. The smallest absolute Gasteiger partial charge is 0.270 e. The molecule has 0 saturated carbocycles. The quantitative estimate of drug-likeness (QED) is 0.609. The van der Waals surface area contributed by atoms with Crippen molar-refractivity contribution >= 4 is 33.4 Å². The van der Waals surface area contributed by atoms with E-state index in [-0.39, 0.29) is 23.4 Å². The van der Waals surface area contributed by atoms with Gasteiger partial charge in [0.1, 0.15) is 10.4 Å². The lowest BCUT2D eigenvalue weighted by molar-refractivity contribution is -0.125. The number of nitrogens with one attached hydrogen (secondary N) is 2. The first kappa shape index (κ1) is 21.4. The number of amides is 1. The number of piperidine rings is 1. The van der Waals surface area contributed by atoms with Crippen molar-refractivity contribution in [3.8, 4) is 16.9 Å². The summed E-state index contributed by atoms with van der Waals surface area (Å²) in [5, 5.41) is 5.04. The van der Waals surface area contributed by atoms with Gasteiger partial charge < -0.3 is 15.0 Å². The molecule has 0 aliphatic carbocycles. The molecule has 1 amide bonds. The van der Waals surface area contributed by atoms with Crippen molar-refractivity contribution in [1.82, 2.24) is 15.3 Å². The van der Waals surface area contributed by atoms with Crippen LogP contribution in [0.1, 0.15) is 33.1 Å². The van der Waals surface area contributed by atoms with Gasteiger partial charge in [-0.2, -0.15) is 0 Å². The van der Waals surface area contributed by atoms with Crippen molar-refractivity contribution in [2.75, 3.05) is 25.1 Å². The summed E-state index contributed by atoms with van der Waals surface area (Å²) in [7, 11) is 1.64. The fourth-order valence-electron chi connectivity index (χ4n) is 3.91. The van der Waals surface area contributed by atoms with E-state index in [1.807, 2.05) is 41.5 Å². The van der Waals surface area contributed by atoms with Crippen LogP contribution in [0, 0.1) is 5.92 Å². The zero-order chi connectivity index (χ0) is 22.0. The maximum Gasteiger partial charge on any atom is 0.270 e. The third-order valence-electron chi connectivity index (χ3n) is 5.89. The van der Waals surface area contributed by atoms with Crippen LogP contribution in [0.25, 0.3) is 21.3 Å². The molecule has 31 heavy (non-hydrogen) atoms. The third-order valence-corrected chi connectivity index (χ3v) is 6.86. The van der Waals surface area contributed by atoms with Gasteiger partial charge in [0, 0.05) is 30.1 Å². The number of rotatable bonds is 6. The Balaban J connectivity index is 1.65. The number of carbonyl (C=O) groups excluding carboxylic acids is 1. The summed E-state index contributed by atoms with van der Waals surface area (Å²) in [6, 6.07) is 7.91. The molecule has 1 saturated heterocycles. The van der Waals surface area contributed by atoms with Crippen molar-refractivity contribution in [2.24, 2.45) is 5.92 Å². The fourth-order valence-corrected chi connectivity index (χ4v) is 4.82. The van der Waals surface area contributed by atoms with E-state index in [4.69, 9.17) is 9.72 Å². The molecule has 0 bridgehead atoms. The number of fused-ring (bicyclic) bond motifs is 1. The van der Waals surface area contributed by atoms with Gasteiger partial charge in [-0.05, 0) is 43.9 Å². The van der Waals surface area contributed by atoms with Crippen LogP contribution < -0.4 is 20.5 Å². The molecule has 1 aliphatic heterocycles. The number of nitrogens with zero attached hydrogens (tertiary/aromatic N) is 2. The van der Waals surface area contributed by atoms with Gasteiger partial charge in [-0.1, -0.05) is 19.1 Å². The first-order chi connectivity index (χ1) is 15.0. The molecule has 7 nitrogen and oxygen atoms in total. The van der Waals surface area contributed by atoms with Crippen molar-refractivity contribution in [1.29, 1.82) is 0 Å². The predicted octanol–water partition coefficient (Wildman–Crippen LogP) is 3.79. The first-order valence-corrected chi connectivity index (χ1v) is 11.6. The summed E-state index contributed by atoms with van der Waals surface area (Å²) in [6.45, 7) is 5.39. The minimum atomic E-state index is -0.148. The van der Waals surface area contributed by atoms with Crippen molar-refractivity contribution in [2.45, 2.75) is 39.2 Å². The highest BCUT2D eigenvalue weighted by Gasteiger charge is 2.28. The molecule has 2 aromatic heterocycles. The average molecular weight is 441 g/mol. The molecule has 164 valence electrons. The lowest BCUT2D eigenvalue weighted by Gasteiger charge is -2.32. The number of H-pyrrole nitrogens is 1. The molecular formula is C23H28N4O3S. The van der Waals surface area contributed by atoms with Crippen LogP contribution in [-0.4, -0.2) is 42.1 Å². The van der Waals surface area contributed by atoms with Gasteiger partial charge in [0.05, 0.1) is 18.5 Å². The molecule has 0 radical (unpaired) electrons. The standard InChI is InChI=1S/C23H28N4O3S/c1-4-14(2)24-21(28)16-8-6-10-27(12-16)23-25-19-18(13-31-20(19)22(29)26-23)15-7-5-9-17(11-15)30-3/h5,7,9,11,13-14,16H,4,6,8,10,12H2,1-3H3,(H,24,28)(H,25,26,29)/t14-,16-/m1/s1. The number of aromatic nitrogens is 2. The van der Waals surface area contributed by atoms with E-state index in [2.05, 4.69) is 17.2 Å². The van der Waals surface area contributed by atoms with E-state index in [0.717, 1.165) is 42.7 Å². The van der Waals surface area contributed by atoms with Gasteiger partial charge in [-0.3, -0.25) is 14.6 Å². The second-order valence-corrected chi connectivity index (χ2v) is 8.93. The molecule has 1 aliphatic rings. The van der Waals surface area contributed by atoms with Gasteiger partial charge in [0.2, 0.25) is 11.9 Å². The fraction of sp³-hybridized carbons (Fsp3) is 0.435. The highest BCUT2D eigenvalue weighted by atomic mass is 32.1. The zero-order valence-electron chi connectivity index (χ0n) is 18.1. The Bertz CT molecular complexity index is 1140. The normalized spacial score (nSPS) is 17.5. The van der Waals surface area contributed by atoms with Crippen LogP contribution in [0.5, 0.6) is 5.75 Å². The number of carbonyl (C=O) groups is 1. The number of thiophene rings is 1. The van der Waals surface area contributed by atoms with E-state index < -0.39 is 0 Å². The van der Waals surface area contributed by atoms with Crippen LogP contribution in [0.3, 0.4) is 0 Å². The van der Waals surface area contributed by atoms with E-state index in [1.165, 1.54) is 11.3 Å². The molecule has 0 unspecified atom stereocenters. The summed E-state index contributed by atoms with van der Waals surface area (Å²) in [4.78, 5) is 35.2. The Hall–Kier alpha value is -2.87. The Morgan fingerprint density at radius 2 is 2.29 bits per heavy atom. The molecular weight excluding hydrogens is 412 g/mol. The van der Waals surface area contributed by atoms with Crippen LogP contribution >= 0.6 is 11.3 Å².